The Morgan fingerprint density at radius 2 is 2.18 bits per heavy atom. The van der Waals surface area contributed by atoms with E-state index in [1.807, 2.05) is 0 Å². The summed E-state index contributed by atoms with van der Waals surface area (Å²) in [6.07, 6.45) is 1.57. The molecule has 0 atom stereocenters. The molecular formula is C9H15N3O3S2. The number of aromatic nitrogens is 1. The second-order valence-corrected chi connectivity index (χ2v) is 7.00. The second-order valence-electron chi connectivity index (χ2n) is 3.71. The molecule has 0 aromatic carbocycles. The zero-order valence-electron chi connectivity index (χ0n) is 9.69. The molecule has 0 aliphatic carbocycles. The van der Waals surface area contributed by atoms with Crippen molar-refractivity contribution in [2.75, 3.05) is 24.3 Å². The molecule has 0 spiro atoms. The minimum Gasteiger partial charge on any atom is -0.375 e. The van der Waals surface area contributed by atoms with E-state index < -0.39 is 9.84 Å². The molecule has 0 saturated carbocycles. The first kappa shape index (κ1) is 13.9. The van der Waals surface area contributed by atoms with Gasteiger partial charge in [-0.15, -0.1) is 0 Å². The van der Waals surface area contributed by atoms with Crippen molar-refractivity contribution < 1.29 is 13.2 Å². The number of thiazole rings is 1. The van der Waals surface area contributed by atoms with Gasteiger partial charge in [-0.25, -0.2) is 13.4 Å². The summed E-state index contributed by atoms with van der Waals surface area (Å²) in [6.45, 7) is 2.03. The molecule has 1 aromatic rings. The average molecular weight is 277 g/mol. The molecule has 1 amide bonds. The van der Waals surface area contributed by atoms with Gasteiger partial charge in [-0.1, -0.05) is 11.3 Å². The fourth-order valence-electron chi connectivity index (χ4n) is 1.24. The van der Waals surface area contributed by atoms with Crippen LogP contribution in [0.15, 0.2) is 0 Å². The van der Waals surface area contributed by atoms with Gasteiger partial charge >= 0.3 is 0 Å². The Morgan fingerprint density at radius 1 is 1.53 bits per heavy atom. The summed E-state index contributed by atoms with van der Waals surface area (Å²) in [5.74, 6) is -0.193. The molecule has 3 N–H and O–H groups in total. The van der Waals surface area contributed by atoms with E-state index in [2.05, 4.69) is 10.3 Å². The number of anilines is 1. The molecule has 1 heterocycles. The summed E-state index contributed by atoms with van der Waals surface area (Å²) < 4.78 is 21.7. The molecule has 0 aliphatic heterocycles. The molecule has 0 radical (unpaired) electrons. The summed E-state index contributed by atoms with van der Waals surface area (Å²) in [5, 5.41) is 2.99. The van der Waals surface area contributed by atoms with Gasteiger partial charge in [0.05, 0.1) is 11.4 Å². The molecule has 0 unspecified atom stereocenters. The Kier molecular flexibility index (Phi) is 4.47. The lowest BCUT2D eigenvalue weighted by Crippen LogP contribution is -2.25. The number of aryl methyl sites for hydroxylation is 1. The zero-order chi connectivity index (χ0) is 13.1. The van der Waals surface area contributed by atoms with Gasteiger partial charge < -0.3 is 11.1 Å². The summed E-state index contributed by atoms with van der Waals surface area (Å²) in [6, 6.07) is 0. The first-order chi connectivity index (χ1) is 7.79. The number of hydrogen-bond donors (Lipinski definition) is 2. The summed E-state index contributed by atoms with van der Waals surface area (Å²) in [4.78, 5) is 16.1. The van der Waals surface area contributed by atoms with Crippen LogP contribution in [0.2, 0.25) is 0 Å². The van der Waals surface area contributed by atoms with Crippen LogP contribution in [0.4, 0.5) is 5.13 Å². The SMILES string of the molecule is Cc1nc(N)sc1C(=O)NCCCS(C)(=O)=O. The van der Waals surface area contributed by atoms with Gasteiger partial charge in [0.25, 0.3) is 5.91 Å². The fraction of sp³-hybridized carbons (Fsp3) is 0.556. The van der Waals surface area contributed by atoms with Gasteiger partial charge in [0, 0.05) is 12.8 Å². The maximum atomic E-state index is 11.7. The molecule has 17 heavy (non-hydrogen) atoms. The number of nitrogens with two attached hydrogens (primary N) is 1. The Bertz CT molecular complexity index is 508. The van der Waals surface area contributed by atoms with Crippen molar-refractivity contribution in [2.24, 2.45) is 0 Å². The van der Waals surface area contributed by atoms with Crippen molar-refractivity contribution in [3.05, 3.63) is 10.6 Å². The molecular weight excluding hydrogens is 262 g/mol. The van der Waals surface area contributed by atoms with Gasteiger partial charge in [0.2, 0.25) is 0 Å². The molecule has 0 fully saturated rings. The number of nitrogens with one attached hydrogen (secondary N) is 1. The highest BCUT2D eigenvalue weighted by Gasteiger charge is 2.13. The van der Waals surface area contributed by atoms with Gasteiger partial charge in [-0.05, 0) is 13.3 Å². The Hall–Kier alpha value is -1.15. The number of carbonyl (C=O) groups excluding carboxylic acids is 1. The first-order valence-corrected chi connectivity index (χ1v) is 7.86. The van der Waals surface area contributed by atoms with Gasteiger partial charge in [-0.3, -0.25) is 4.79 Å². The standard InChI is InChI=1S/C9H15N3O3S2/c1-6-7(16-9(10)12-6)8(13)11-4-3-5-17(2,14)15/h3-5H2,1-2H3,(H2,10,12)(H,11,13). The summed E-state index contributed by atoms with van der Waals surface area (Å²) in [7, 11) is -2.97. The van der Waals surface area contributed by atoms with Crippen LogP contribution in [-0.4, -0.2) is 37.9 Å². The molecule has 0 bridgehead atoms. The van der Waals surface area contributed by atoms with Gasteiger partial charge in [0.1, 0.15) is 14.7 Å². The number of hydrogen-bond acceptors (Lipinski definition) is 6. The van der Waals surface area contributed by atoms with Crippen LogP contribution in [0.1, 0.15) is 21.8 Å². The molecule has 1 aromatic heterocycles. The Morgan fingerprint density at radius 3 is 2.65 bits per heavy atom. The van der Waals surface area contributed by atoms with Crippen molar-refractivity contribution in [3.8, 4) is 0 Å². The summed E-state index contributed by atoms with van der Waals surface area (Å²) >= 11 is 1.12. The average Bonchev–Trinajstić information content (AvgIpc) is 2.51. The number of sulfone groups is 1. The molecule has 0 saturated heterocycles. The van der Waals surface area contributed by atoms with E-state index in [9.17, 15) is 13.2 Å². The Labute approximate surface area is 104 Å². The lowest BCUT2D eigenvalue weighted by Gasteiger charge is -2.03. The van der Waals surface area contributed by atoms with Crippen LogP contribution in [0, 0.1) is 6.92 Å². The second kappa shape index (κ2) is 5.46. The maximum absolute atomic E-state index is 11.7. The van der Waals surface area contributed by atoms with E-state index in [0.717, 1.165) is 11.3 Å². The number of nitrogen functional groups attached to an aromatic ring is 1. The number of rotatable bonds is 5. The van der Waals surface area contributed by atoms with E-state index >= 15 is 0 Å². The minimum atomic E-state index is -2.97. The number of amides is 1. The third kappa shape index (κ3) is 4.70. The van der Waals surface area contributed by atoms with E-state index in [0.29, 0.717) is 28.7 Å². The molecule has 8 heteroatoms. The monoisotopic (exact) mass is 277 g/mol. The zero-order valence-corrected chi connectivity index (χ0v) is 11.3. The maximum Gasteiger partial charge on any atom is 0.263 e. The van der Waals surface area contributed by atoms with Crippen LogP contribution >= 0.6 is 11.3 Å². The fourth-order valence-corrected chi connectivity index (χ4v) is 2.66. The highest BCUT2D eigenvalue weighted by Crippen LogP contribution is 2.19. The molecule has 1 rings (SSSR count). The largest absolute Gasteiger partial charge is 0.375 e. The first-order valence-electron chi connectivity index (χ1n) is 4.98. The van der Waals surface area contributed by atoms with E-state index in [1.54, 1.807) is 6.92 Å². The van der Waals surface area contributed by atoms with Crippen LogP contribution in [-0.2, 0) is 9.84 Å². The van der Waals surface area contributed by atoms with Gasteiger partial charge in [-0.2, -0.15) is 0 Å². The highest BCUT2D eigenvalue weighted by atomic mass is 32.2. The third-order valence-electron chi connectivity index (χ3n) is 2.00. The highest BCUT2D eigenvalue weighted by molar-refractivity contribution is 7.90. The quantitative estimate of drug-likeness (QED) is 0.748. The smallest absolute Gasteiger partial charge is 0.263 e. The van der Waals surface area contributed by atoms with Crippen LogP contribution < -0.4 is 11.1 Å². The Balaban J connectivity index is 2.43. The van der Waals surface area contributed by atoms with E-state index in [-0.39, 0.29) is 11.7 Å². The number of carbonyl (C=O) groups is 1. The summed E-state index contributed by atoms with van der Waals surface area (Å²) in [5.41, 5.74) is 6.07. The van der Waals surface area contributed by atoms with Crippen molar-refractivity contribution in [2.45, 2.75) is 13.3 Å². The number of nitrogens with zero attached hydrogens (tertiary/aromatic N) is 1. The van der Waals surface area contributed by atoms with Crippen molar-refractivity contribution in [1.82, 2.24) is 10.3 Å². The van der Waals surface area contributed by atoms with Crippen LogP contribution in [0.25, 0.3) is 0 Å². The van der Waals surface area contributed by atoms with Crippen LogP contribution in [0.3, 0.4) is 0 Å². The lowest BCUT2D eigenvalue weighted by molar-refractivity contribution is 0.0957. The molecule has 6 nitrogen and oxygen atoms in total. The van der Waals surface area contributed by atoms with Gasteiger partial charge in [0.15, 0.2) is 5.13 Å². The normalized spacial score (nSPS) is 11.4. The van der Waals surface area contributed by atoms with Crippen LogP contribution in [0.5, 0.6) is 0 Å². The van der Waals surface area contributed by atoms with E-state index in [1.165, 1.54) is 6.26 Å². The topological polar surface area (TPSA) is 102 Å². The van der Waals surface area contributed by atoms with Crippen molar-refractivity contribution in [3.63, 3.8) is 0 Å². The third-order valence-corrected chi connectivity index (χ3v) is 4.01. The molecule has 96 valence electrons. The predicted molar refractivity (Wildman–Crippen MR) is 67.9 cm³/mol. The van der Waals surface area contributed by atoms with Crippen molar-refractivity contribution in [1.29, 1.82) is 0 Å². The minimum absolute atomic E-state index is 0.0666. The lowest BCUT2D eigenvalue weighted by atomic mass is 10.3. The van der Waals surface area contributed by atoms with E-state index in [4.69, 9.17) is 5.73 Å². The molecule has 0 aliphatic rings. The predicted octanol–water partition coefficient (Wildman–Crippen LogP) is 0.198. The van der Waals surface area contributed by atoms with Crippen molar-refractivity contribution >= 4 is 32.2 Å².